The van der Waals surface area contributed by atoms with Crippen molar-refractivity contribution in [2.75, 3.05) is 19.0 Å². The van der Waals surface area contributed by atoms with Gasteiger partial charge in [-0.15, -0.1) is 0 Å². The van der Waals surface area contributed by atoms with Gasteiger partial charge in [-0.2, -0.15) is 0 Å². The number of halogens is 1. The summed E-state index contributed by atoms with van der Waals surface area (Å²) in [7, 11) is 1.43. The fourth-order valence-corrected chi connectivity index (χ4v) is 1.76. The molecule has 1 fully saturated rings. The second-order valence-corrected chi connectivity index (χ2v) is 4.74. The second kappa shape index (κ2) is 5.36. The minimum atomic E-state index is -0.926. The summed E-state index contributed by atoms with van der Waals surface area (Å²) in [5.74, 6) is -1.11. The molecule has 0 aliphatic heterocycles. The van der Waals surface area contributed by atoms with Gasteiger partial charge in [0.1, 0.15) is 11.6 Å². The van der Waals surface area contributed by atoms with Crippen molar-refractivity contribution in [1.82, 2.24) is 5.32 Å². The maximum atomic E-state index is 13.5. The molecule has 1 saturated carbocycles. The van der Waals surface area contributed by atoms with Crippen LogP contribution in [-0.2, 0) is 4.79 Å². The lowest BCUT2D eigenvalue weighted by atomic mass is 10.1. The fraction of sp³-hybridized carbons (Fsp3) is 0.385. The minimum absolute atomic E-state index is 0.0259. The molecule has 3 N–H and O–H groups in total. The molecular weight excluding hydrogens is 267 g/mol. The third-order valence-corrected chi connectivity index (χ3v) is 3.32. The molecule has 0 unspecified atom stereocenters. The van der Waals surface area contributed by atoms with Gasteiger partial charge in [-0.3, -0.25) is 4.79 Å². The first-order valence-electron chi connectivity index (χ1n) is 6.09. The quantitative estimate of drug-likeness (QED) is 0.768. The number of carbonyl (C=O) groups excluding carboxylic acids is 1. The van der Waals surface area contributed by atoms with E-state index in [0.29, 0.717) is 18.6 Å². The van der Waals surface area contributed by atoms with Crippen molar-refractivity contribution in [2.24, 2.45) is 5.41 Å². The summed E-state index contributed by atoms with van der Waals surface area (Å²) in [6.07, 6.45) is 1.08. The third kappa shape index (κ3) is 2.98. The topological polar surface area (TPSA) is 87.7 Å². The predicted molar refractivity (Wildman–Crippen MR) is 69.3 cm³/mol. The lowest BCUT2D eigenvalue weighted by Gasteiger charge is -2.13. The molecule has 20 heavy (non-hydrogen) atoms. The number of aliphatic carboxylic acids is 1. The Kier molecular flexibility index (Phi) is 3.78. The van der Waals surface area contributed by atoms with E-state index in [4.69, 9.17) is 9.84 Å². The average Bonchev–Trinajstić information content (AvgIpc) is 3.20. The van der Waals surface area contributed by atoms with Gasteiger partial charge in [-0.25, -0.2) is 9.18 Å². The van der Waals surface area contributed by atoms with Crippen LogP contribution in [0, 0.1) is 11.2 Å². The van der Waals surface area contributed by atoms with Crippen LogP contribution in [0.4, 0.5) is 14.9 Å². The maximum Gasteiger partial charge on any atom is 0.319 e. The lowest BCUT2D eigenvalue weighted by molar-refractivity contribution is -0.143. The Balaban J connectivity index is 1.93. The zero-order chi connectivity index (χ0) is 14.8. The van der Waals surface area contributed by atoms with E-state index in [0.717, 1.165) is 0 Å². The highest BCUT2D eigenvalue weighted by Gasteiger charge is 2.50. The van der Waals surface area contributed by atoms with Crippen LogP contribution in [0.1, 0.15) is 12.8 Å². The molecule has 0 aromatic heterocycles. The molecule has 0 bridgehead atoms. The second-order valence-electron chi connectivity index (χ2n) is 4.74. The summed E-state index contributed by atoms with van der Waals surface area (Å²) in [5.41, 5.74) is -0.883. The largest absolute Gasteiger partial charge is 0.497 e. The molecule has 108 valence electrons. The van der Waals surface area contributed by atoms with Crippen molar-refractivity contribution >= 4 is 17.7 Å². The van der Waals surface area contributed by atoms with Crippen LogP contribution in [0.5, 0.6) is 5.75 Å². The molecule has 7 heteroatoms. The average molecular weight is 282 g/mol. The Morgan fingerprint density at radius 3 is 2.70 bits per heavy atom. The standard InChI is InChI=1S/C13H15FN2O4/c1-20-8-2-3-9(14)10(6-8)16-12(19)15-7-13(4-5-13)11(17)18/h2-3,6H,4-5,7H2,1H3,(H,17,18)(H2,15,16,19). The number of hydrogen-bond acceptors (Lipinski definition) is 3. The Bertz CT molecular complexity index is 543. The SMILES string of the molecule is COc1ccc(F)c(NC(=O)NCC2(C(=O)O)CC2)c1. The van der Waals surface area contributed by atoms with Gasteiger partial charge in [0.15, 0.2) is 0 Å². The molecule has 2 rings (SSSR count). The number of nitrogens with one attached hydrogen (secondary N) is 2. The maximum absolute atomic E-state index is 13.5. The Hall–Kier alpha value is -2.31. The van der Waals surface area contributed by atoms with Crippen molar-refractivity contribution in [2.45, 2.75) is 12.8 Å². The van der Waals surface area contributed by atoms with E-state index in [1.54, 1.807) is 0 Å². The number of ether oxygens (including phenoxy) is 1. The van der Waals surface area contributed by atoms with Gasteiger partial charge in [-0.05, 0) is 25.0 Å². The Morgan fingerprint density at radius 2 is 2.15 bits per heavy atom. The van der Waals surface area contributed by atoms with Gasteiger partial charge in [0, 0.05) is 12.6 Å². The highest BCUT2D eigenvalue weighted by Crippen LogP contribution is 2.45. The van der Waals surface area contributed by atoms with Crippen molar-refractivity contribution in [3.63, 3.8) is 0 Å². The number of carboxylic acids is 1. The van der Waals surface area contributed by atoms with Gasteiger partial charge in [0.05, 0.1) is 18.2 Å². The molecule has 0 radical (unpaired) electrons. The van der Waals surface area contributed by atoms with Gasteiger partial charge in [0.2, 0.25) is 0 Å². The lowest BCUT2D eigenvalue weighted by Crippen LogP contribution is -2.37. The molecule has 0 atom stereocenters. The third-order valence-electron chi connectivity index (χ3n) is 3.32. The summed E-state index contributed by atoms with van der Waals surface area (Å²) >= 11 is 0. The summed E-state index contributed by atoms with van der Waals surface area (Å²) < 4.78 is 18.4. The number of anilines is 1. The van der Waals surface area contributed by atoms with Gasteiger partial charge < -0.3 is 20.5 Å². The van der Waals surface area contributed by atoms with Crippen LogP contribution in [0.2, 0.25) is 0 Å². The van der Waals surface area contributed by atoms with Crippen LogP contribution < -0.4 is 15.4 Å². The first kappa shape index (κ1) is 14.1. The molecule has 1 aromatic carbocycles. The number of hydrogen-bond donors (Lipinski definition) is 3. The van der Waals surface area contributed by atoms with E-state index >= 15 is 0 Å². The van der Waals surface area contributed by atoms with Gasteiger partial charge in [-0.1, -0.05) is 0 Å². The zero-order valence-corrected chi connectivity index (χ0v) is 10.9. The van der Waals surface area contributed by atoms with Crippen LogP contribution >= 0.6 is 0 Å². The van der Waals surface area contributed by atoms with Gasteiger partial charge in [0.25, 0.3) is 0 Å². The van der Waals surface area contributed by atoms with Crippen LogP contribution in [-0.4, -0.2) is 30.8 Å². The number of benzene rings is 1. The summed E-state index contributed by atoms with van der Waals surface area (Å²) in [6, 6.07) is 3.31. The van der Waals surface area contributed by atoms with Crippen molar-refractivity contribution in [3.8, 4) is 5.75 Å². The zero-order valence-electron chi connectivity index (χ0n) is 10.9. The van der Waals surface area contributed by atoms with E-state index < -0.39 is 23.2 Å². The molecule has 1 aliphatic rings. The number of carboxylic acid groups (broad SMARTS) is 1. The Morgan fingerprint density at radius 1 is 1.45 bits per heavy atom. The Labute approximate surface area is 114 Å². The number of rotatable bonds is 5. The molecule has 2 amide bonds. The highest BCUT2D eigenvalue weighted by atomic mass is 19.1. The molecule has 1 aromatic rings. The van der Waals surface area contributed by atoms with Crippen molar-refractivity contribution < 1.29 is 23.8 Å². The van der Waals surface area contributed by atoms with E-state index in [1.807, 2.05) is 0 Å². The van der Waals surface area contributed by atoms with Crippen molar-refractivity contribution in [3.05, 3.63) is 24.0 Å². The van der Waals surface area contributed by atoms with Gasteiger partial charge >= 0.3 is 12.0 Å². The van der Waals surface area contributed by atoms with Crippen molar-refractivity contribution in [1.29, 1.82) is 0 Å². The first-order chi connectivity index (χ1) is 9.47. The molecule has 6 nitrogen and oxygen atoms in total. The molecule has 0 heterocycles. The summed E-state index contributed by atoms with van der Waals surface area (Å²) in [5, 5.41) is 13.7. The summed E-state index contributed by atoms with van der Waals surface area (Å²) in [6.45, 7) is 0.0275. The van der Waals surface area contributed by atoms with E-state index in [9.17, 15) is 14.0 Å². The molecule has 0 saturated heterocycles. The van der Waals surface area contributed by atoms with Crippen LogP contribution in [0.15, 0.2) is 18.2 Å². The number of carbonyl (C=O) groups is 2. The summed E-state index contributed by atoms with van der Waals surface area (Å²) in [4.78, 5) is 22.6. The normalized spacial score (nSPS) is 15.3. The van der Waals surface area contributed by atoms with Crippen LogP contribution in [0.25, 0.3) is 0 Å². The highest BCUT2D eigenvalue weighted by molar-refractivity contribution is 5.90. The smallest absolute Gasteiger partial charge is 0.319 e. The number of amides is 2. The molecule has 0 spiro atoms. The molecular formula is C13H15FN2O4. The van der Waals surface area contributed by atoms with Crippen LogP contribution in [0.3, 0.4) is 0 Å². The van der Waals surface area contributed by atoms with E-state index in [1.165, 1.54) is 25.3 Å². The van der Waals surface area contributed by atoms with E-state index in [2.05, 4.69) is 10.6 Å². The fourth-order valence-electron chi connectivity index (χ4n) is 1.76. The predicted octanol–water partition coefficient (Wildman–Crippen LogP) is 1.82. The molecule has 1 aliphatic carbocycles. The van der Waals surface area contributed by atoms with E-state index in [-0.39, 0.29) is 12.2 Å². The number of methoxy groups -OCH3 is 1. The minimum Gasteiger partial charge on any atom is -0.497 e. The number of urea groups is 1. The first-order valence-corrected chi connectivity index (χ1v) is 6.09. The monoisotopic (exact) mass is 282 g/mol.